The van der Waals surface area contributed by atoms with Crippen LogP contribution in [-0.4, -0.2) is 42.8 Å². The molecule has 0 aliphatic carbocycles. The third-order valence-corrected chi connectivity index (χ3v) is 5.18. The molecule has 3 atom stereocenters. The molecule has 0 radical (unpaired) electrons. The van der Waals surface area contributed by atoms with Gasteiger partial charge in [0.1, 0.15) is 12.4 Å². The Morgan fingerprint density at radius 3 is 1.53 bits per heavy atom. The first-order valence-corrected chi connectivity index (χ1v) is 10.6. The summed E-state index contributed by atoms with van der Waals surface area (Å²) in [5.41, 5.74) is 0.908. The first-order chi connectivity index (χ1) is 16.5. The molecule has 4 rings (SSSR count). The van der Waals surface area contributed by atoms with Crippen molar-refractivity contribution in [3.63, 3.8) is 0 Å². The highest BCUT2D eigenvalue weighted by atomic mass is 16.6. The molecule has 7 nitrogen and oxygen atoms in total. The van der Waals surface area contributed by atoms with Crippen molar-refractivity contribution in [1.82, 2.24) is 0 Å². The lowest BCUT2D eigenvalue weighted by molar-refractivity contribution is -0.131. The summed E-state index contributed by atoms with van der Waals surface area (Å²) in [5, 5.41) is 0. The summed E-state index contributed by atoms with van der Waals surface area (Å²) < 4.78 is 22.5. The summed E-state index contributed by atoms with van der Waals surface area (Å²) >= 11 is 0. The number of carbonyl (C=O) groups is 3. The Morgan fingerprint density at radius 1 is 0.647 bits per heavy atom. The lowest BCUT2D eigenvalue weighted by Crippen LogP contribution is -2.52. The van der Waals surface area contributed by atoms with Gasteiger partial charge in [0, 0.05) is 0 Å². The zero-order chi connectivity index (χ0) is 23.9. The fourth-order valence-electron chi connectivity index (χ4n) is 3.42. The molecule has 0 unspecified atom stereocenters. The molecule has 1 saturated heterocycles. The molecule has 1 aliphatic rings. The maximum atomic E-state index is 12.8. The van der Waals surface area contributed by atoms with Gasteiger partial charge in [-0.05, 0) is 36.4 Å². The number of carbonyl (C=O) groups excluding carboxylic acids is 3. The minimum Gasteiger partial charge on any atom is -0.490 e. The average Bonchev–Trinajstić information content (AvgIpc) is 2.89. The zero-order valence-corrected chi connectivity index (χ0v) is 18.2. The van der Waals surface area contributed by atoms with Gasteiger partial charge in [-0.1, -0.05) is 61.2 Å². The number of ether oxygens (including phenoxy) is 4. The number of hydrogen-bond acceptors (Lipinski definition) is 7. The Morgan fingerprint density at radius 2 is 1.06 bits per heavy atom. The van der Waals surface area contributed by atoms with E-state index in [-0.39, 0.29) is 12.4 Å². The largest absolute Gasteiger partial charge is 0.490 e. The van der Waals surface area contributed by atoms with Gasteiger partial charge in [0.05, 0.1) is 16.7 Å². The van der Waals surface area contributed by atoms with Gasteiger partial charge in [-0.15, -0.1) is 0 Å². The van der Waals surface area contributed by atoms with Crippen LogP contribution in [0.3, 0.4) is 0 Å². The Hall–Kier alpha value is -4.39. The fourth-order valence-corrected chi connectivity index (χ4v) is 3.42. The lowest BCUT2D eigenvalue weighted by Gasteiger charge is -2.37. The molecule has 1 fully saturated rings. The van der Waals surface area contributed by atoms with Crippen LogP contribution in [0.4, 0.5) is 0 Å². The van der Waals surface area contributed by atoms with Crippen molar-refractivity contribution in [2.24, 2.45) is 0 Å². The second kappa shape index (κ2) is 10.5. The second-order valence-electron chi connectivity index (χ2n) is 7.51. The molecule has 3 aromatic rings. The molecule has 1 heterocycles. The van der Waals surface area contributed by atoms with Gasteiger partial charge in [-0.2, -0.15) is 0 Å². The summed E-state index contributed by atoms with van der Waals surface area (Å²) in [6.45, 7) is 3.69. The number of rotatable bonds is 6. The van der Waals surface area contributed by atoms with Crippen LogP contribution in [0.25, 0.3) is 0 Å². The second-order valence-corrected chi connectivity index (χ2v) is 7.51. The Labute approximate surface area is 196 Å². The molecule has 0 saturated carbocycles. The Kier molecular flexibility index (Phi) is 7.03. The predicted molar refractivity (Wildman–Crippen MR) is 122 cm³/mol. The lowest BCUT2D eigenvalue weighted by atomic mass is 10.0. The SMILES string of the molecule is C=C1OC[C@@H](OC(=O)c2ccccc2)[C@@H](OC(=O)c2ccccc2)[C@@H]1OC(=O)c1ccccc1. The van der Waals surface area contributed by atoms with E-state index in [0.717, 1.165) is 0 Å². The molecule has 7 heteroatoms. The fraction of sp³-hybridized carbons (Fsp3) is 0.148. The third kappa shape index (κ3) is 5.32. The maximum Gasteiger partial charge on any atom is 0.338 e. The number of hydrogen-bond donors (Lipinski definition) is 0. The first kappa shape index (κ1) is 22.8. The molecule has 0 aromatic heterocycles. The molecule has 1 aliphatic heterocycles. The molecular weight excluding hydrogens is 436 g/mol. The van der Waals surface area contributed by atoms with Gasteiger partial charge in [-0.25, -0.2) is 14.4 Å². The van der Waals surface area contributed by atoms with E-state index in [1.165, 1.54) is 0 Å². The van der Waals surface area contributed by atoms with E-state index in [1.54, 1.807) is 91.0 Å². The van der Waals surface area contributed by atoms with E-state index < -0.39 is 36.2 Å². The van der Waals surface area contributed by atoms with Crippen molar-refractivity contribution < 1.29 is 33.3 Å². The van der Waals surface area contributed by atoms with Crippen LogP contribution in [0.1, 0.15) is 31.1 Å². The molecule has 34 heavy (non-hydrogen) atoms. The van der Waals surface area contributed by atoms with Crippen LogP contribution < -0.4 is 0 Å². The monoisotopic (exact) mass is 458 g/mol. The average molecular weight is 458 g/mol. The number of benzene rings is 3. The van der Waals surface area contributed by atoms with Crippen molar-refractivity contribution in [3.8, 4) is 0 Å². The standard InChI is InChI=1S/C27H22O7/c1-18-23(33-26(29)20-13-7-3-8-14-20)24(34-27(30)21-15-9-4-10-16-21)22(17-31-18)32-25(28)19-11-5-2-6-12-19/h2-16,22-24H,1,17H2/t22-,23-,24-/m1/s1. The van der Waals surface area contributed by atoms with E-state index in [1.807, 2.05) is 0 Å². The first-order valence-electron chi connectivity index (χ1n) is 10.6. The smallest absolute Gasteiger partial charge is 0.338 e. The topological polar surface area (TPSA) is 88.1 Å². The summed E-state index contributed by atoms with van der Waals surface area (Å²) in [6.07, 6.45) is -3.41. The van der Waals surface area contributed by atoms with Gasteiger partial charge in [0.15, 0.2) is 18.3 Å². The molecule has 0 amide bonds. The van der Waals surface area contributed by atoms with E-state index in [2.05, 4.69) is 6.58 Å². The van der Waals surface area contributed by atoms with Gasteiger partial charge in [-0.3, -0.25) is 0 Å². The highest BCUT2D eigenvalue weighted by Gasteiger charge is 2.45. The Bertz CT molecular complexity index is 1160. The van der Waals surface area contributed by atoms with Crippen molar-refractivity contribution >= 4 is 17.9 Å². The summed E-state index contributed by atoms with van der Waals surface area (Å²) in [5.74, 6) is -1.87. The summed E-state index contributed by atoms with van der Waals surface area (Å²) in [7, 11) is 0. The van der Waals surface area contributed by atoms with Crippen LogP contribution in [0, 0.1) is 0 Å². The van der Waals surface area contributed by atoms with Crippen LogP contribution in [0.15, 0.2) is 103 Å². The van der Waals surface area contributed by atoms with Crippen molar-refractivity contribution in [1.29, 1.82) is 0 Å². The number of esters is 3. The quantitative estimate of drug-likeness (QED) is 0.404. The van der Waals surface area contributed by atoms with Crippen LogP contribution in [0.5, 0.6) is 0 Å². The highest BCUT2D eigenvalue weighted by Crippen LogP contribution is 2.28. The predicted octanol–water partition coefficient (Wildman–Crippen LogP) is 4.21. The van der Waals surface area contributed by atoms with Crippen LogP contribution in [0.2, 0.25) is 0 Å². The van der Waals surface area contributed by atoms with Crippen molar-refractivity contribution in [2.45, 2.75) is 18.3 Å². The van der Waals surface area contributed by atoms with E-state index in [0.29, 0.717) is 16.7 Å². The molecule has 172 valence electrons. The van der Waals surface area contributed by atoms with Gasteiger partial charge in [0.25, 0.3) is 0 Å². The summed E-state index contributed by atoms with van der Waals surface area (Å²) in [4.78, 5) is 38.3. The zero-order valence-electron chi connectivity index (χ0n) is 18.2. The van der Waals surface area contributed by atoms with E-state index >= 15 is 0 Å². The Balaban J connectivity index is 1.60. The van der Waals surface area contributed by atoms with Gasteiger partial charge in [0.2, 0.25) is 0 Å². The molecular formula is C27H22O7. The molecule has 0 spiro atoms. The van der Waals surface area contributed by atoms with E-state index in [9.17, 15) is 14.4 Å². The molecule has 0 N–H and O–H groups in total. The van der Waals surface area contributed by atoms with Crippen molar-refractivity contribution in [2.75, 3.05) is 6.61 Å². The van der Waals surface area contributed by atoms with Gasteiger partial charge >= 0.3 is 17.9 Å². The minimum atomic E-state index is -1.19. The maximum absolute atomic E-state index is 12.8. The highest BCUT2D eigenvalue weighted by molar-refractivity contribution is 5.91. The third-order valence-electron chi connectivity index (χ3n) is 5.18. The van der Waals surface area contributed by atoms with Crippen molar-refractivity contribution in [3.05, 3.63) is 120 Å². The van der Waals surface area contributed by atoms with E-state index in [4.69, 9.17) is 18.9 Å². The molecule has 3 aromatic carbocycles. The summed E-state index contributed by atoms with van der Waals surface area (Å²) in [6, 6.07) is 25.0. The van der Waals surface area contributed by atoms with Crippen LogP contribution >= 0.6 is 0 Å². The van der Waals surface area contributed by atoms with Crippen LogP contribution in [-0.2, 0) is 18.9 Å². The normalized spacial score (nSPS) is 19.4. The van der Waals surface area contributed by atoms with Gasteiger partial charge < -0.3 is 18.9 Å². The molecule has 0 bridgehead atoms. The minimum absolute atomic E-state index is 0.0853.